The number of amides is 1. The van der Waals surface area contributed by atoms with Crippen LogP contribution in [0.1, 0.15) is 72.6 Å². The molecule has 1 heterocycles. The predicted molar refractivity (Wildman–Crippen MR) is 83.4 cm³/mol. The summed E-state index contributed by atoms with van der Waals surface area (Å²) in [7, 11) is 0. The van der Waals surface area contributed by atoms with Crippen molar-refractivity contribution in [3.63, 3.8) is 0 Å². The van der Waals surface area contributed by atoms with E-state index in [1.807, 2.05) is 0 Å². The third-order valence-corrected chi connectivity index (χ3v) is 5.36. The summed E-state index contributed by atoms with van der Waals surface area (Å²) >= 11 is 0. The molecular formula is C17H32N2O. The van der Waals surface area contributed by atoms with Crippen molar-refractivity contribution in [3.05, 3.63) is 0 Å². The van der Waals surface area contributed by atoms with Gasteiger partial charge in [0.2, 0.25) is 5.91 Å². The molecule has 0 aromatic heterocycles. The first kappa shape index (κ1) is 15.8. The molecule has 1 saturated heterocycles. The van der Waals surface area contributed by atoms with Crippen LogP contribution in [0.25, 0.3) is 0 Å². The van der Waals surface area contributed by atoms with E-state index in [4.69, 9.17) is 0 Å². The molecule has 4 atom stereocenters. The van der Waals surface area contributed by atoms with Crippen LogP contribution in [0.5, 0.6) is 0 Å². The van der Waals surface area contributed by atoms with Gasteiger partial charge in [0.1, 0.15) is 0 Å². The summed E-state index contributed by atoms with van der Waals surface area (Å²) in [5.74, 6) is 1.88. The Morgan fingerprint density at radius 2 is 2.10 bits per heavy atom. The maximum atomic E-state index is 12.8. The van der Waals surface area contributed by atoms with Gasteiger partial charge in [0.25, 0.3) is 0 Å². The van der Waals surface area contributed by atoms with Gasteiger partial charge in [0.05, 0.1) is 11.7 Å². The summed E-state index contributed by atoms with van der Waals surface area (Å²) in [6.07, 6.45) is 8.64. The second-order valence-corrected chi connectivity index (χ2v) is 7.23. The standard InChI is InChI=1S/C17H32N2O/c1-5-8-15-18-17(4,6-2)16(20)19(15)12-14-10-7-9-13(3)11-14/h13-15,18H,5-12H2,1-4H3. The molecule has 0 bridgehead atoms. The molecule has 0 radical (unpaired) electrons. The zero-order valence-electron chi connectivity index (χ0n) is 13.7. The number of hydrogen-bond acceptors (Lipinski definition) is 2. The van der Waals surface area contributed by atoms with Gasteiger partial charge in [-0.15, -0.1) is 0 Å². The van der Waals surface area contributed by atoms with Crippen LogP contribution >= 0.6 is 0 Å². The van der Waals surface area contributed by atoms with Crippen LogP contribution in [0.2, 0.25) is 0 Å². The van der Waals surface area contributed by atoms with Crippen molar-refractivity contribution in [3.8, 4) is 0 Å². The SMILES string of the molecule is CCCC1NC(C)(CC)C(=O)N1CC1CCCC(C)C1. The topological polar surface area (TPSA) is 32.3 Å². The average Bonchev–Trinajstić information content (AvgIpc) is 2.65. The lowest BCUT2D eigenvalue weighted by molar-refractivity contribution is -0.133. The van der Waals surface area contributed by atoms with Crippen molar-refractivity contribution in [2.75, 3.05) is 6.54 Å². The number of rotatable bonds is 5. The highest BCUT2D eigenvalue weighted by Gasteiger charge is 2.46. The van der Waals surface area contributed by atoms with Crippen molar-refractivity contribution < 1.29 is 4.79 Å². The molecule has 1 aliphatic carbocycles. The number of carbonyl (C=O) groups is 1. The molecule has 1 saturated carbocycles. The minimum absolute atomic E-state index is 0.259. The van der Waals surface area contributed by atoms with Crippen molar-refractivity contribution in [2.45, 2.75) is 84.3 Å². The second kappa shape index (κ2) is 6.46. The molecule has 1 aliphatic heterocycles. The molecule has 3 heteroatoms. The van der Waals surface area contributed by atoms with Crippen LogP contribution in [-0.2, 0) is 4.79 Å². The van der Waals surface area contributed by atoms with E-state index in [-0.39, 0.29) is 11.7 Å². The highest BCUT2D eigenvalue weighted by atomic mass is 16.2. The van der Waals surface area contributed by atoms with Gasteiger partial charge in [0.15, 0.2) is 0 Å². The Hall–Kier alpha value is -0.570. The highest BCUT2D eigenvalue weighted by molar-refractivity contribution is 5.88. The third-order valence-electron chi connectivity index (χ3n) is 5.36. The Morgan fingerprint density at radius 3 is 2.70 bits per heavy atom. The van der Waals surface area contributed by atoms with Gasteiger partial charge in [-0.2, -0.15) is 0 Å². The molecule has 20 heavy (non-hydrogen) atoms. The lowest BCUT2D eigenvalue weighted by atomic mass is 9.82. The van der Waals surface area contributed by atoms with Crippen LogP contribution < -0.4 is 5.32 Å². The number of carbonyl (C=O) groups excluding carboxylic acids is 1. The maximum Gasteiger partial charge on any atom is 0.243 e. The van der Waals surface area contributed by atoms with E-state index in [0.717, 1.165) is 31.7 Å². The van der Waals surface area contributed by atoms with E-state index in [1.54, 1.807) is 0 Å². The molecule has 1 N–H and O–H groups in total. The molecule has 116 valence electrons. The van der Waals surface area contributed by atoms with Gasteiger partial charge in [0, 0.05) is 6.54 Å². The zero-order valence-corrected chi connectivity index (χ0v) is 13.7. The summed E-state index contributed by atoms with van der Waals surface area (Å²) in [5, 5.41) is 3.59. The minimum Gasteiger partial charge on any atom is -0.325 e. The Kier molecular flexibility index (Phi) is 5.11. The van der Waals surface area contributed by atoms with Crippen LogP contribution in [-0.4, -0.2) is 29.1 Å². The molecule has 0 aromatic carbocycles. The van der Waals surface area contributed by atoms with Crippen molar-refractivity contribution >= 4 is 5.91 Å². The van der Waals surface area contributed by atoms with E-state index >= 15 is 0 Å². The second-order valence-electron chi connectivity index (χ2n) is 7.23. The average molecular weight is 280 g/mol. The fraction of sp³-hybridized carbons (Fsp3) is 0.941. The van der Waals surface area contributed by atoms with E-state index in [2.05, 4.69) is 37.9 Å². The Balaban J connectivity index is 2.04. The Labute approximate surface area is 124 Å². The summed E-state index contributed by atoms with van der Waals surface area (Å²) in [6, 6.07) is 0. The van der Waals surface area contributed by atoms with Crippen LogP contribution in [0, 0.1) is 11.8 Å². The first-order valence-corrected chi connectivity index (χ1v) is 8.59. The number of hydrogen-bond donors (Lipinski definition) is 1. The highest BCUT2D eigenvalue weighted by Crippen LogP contribution is 2.32. The van der Waals surface area contributed by atoms with Crippen molar-refractivity contribution in [2.24, 2.45) is 11.8 Å². The smallest absolute Gasteiger partial charge is 0.243 e. The van der Waals surface area contributed by atoms with Crippen LogP contribution in [0.4, 0.5) is 0 Å². The fourth-order valence-corrected chi connectivity index (χ4v) is 3.93. The van der Waals surface area contributed by atoms with Crippen molar-refractivity contribution in [1.29, 1.82) is 0 Å². The number of nitrogens with zero attached hydrogens (tertiary/aromatic N) is 1. The summed E-state index contributed by atoms with van der Waals surface area (Å²) in [5.41, 5.74) is -0.333. The first-order valence-electron chi connectivity index (χ1n) is 8.59. The third kappa shape index (κ3) is 3.19. The molecule has 1 amide bonds. The molecule has 2 fully saturated rings. The predicted octanol–water partition coefficient (Wildman–Crippen LogP) is 3.54. The molecular weight excluding hydrogens is 248 g/mol. The summed E-state index contributed by atoms with van der Waals surface area (Å²) in [6.45, 7) is 9.71. The van der Waals surface area contributed by atoms with Gasteiger partial charge < -0.3 is 4.90 Å². The zero-order chi connectivity index (χ0) is 14.8. The van der Waals surface area contributed by atoms with E-state index in [0.29, 0.717) is 11.8 Å². The van der Waals surface area contributed by atoms with Gasteiger partial charge in [-0.1, -0.05) is 40.0 Å². The molecule has 3 nitrogen and oxygen atoms in total. The Bertz CT molecular complexity index is 344. The quantitative estimate of drug-likeness (QED) is 0.835. The molecule has 2 rings (SSSR count). The minimum atomic E-state index is -0.333. The van der Waals surface area contributed by atoms with Gasteiger partial charge in [-0.3, -0.25) is 10.1 Å². The van der Waals surface area contributed by atoms with Gasteiger partial charge in [-0.05, 0) is 44.4 Å². The maximum absolute atomic E-state index is 12.8. The lowest BCUT2D eigenvalue weighted by Crippen LogP contribution is -2.43. The van der Waals surface area contributed by atoms with E-state index in [9.17, 15) is 4.79 Å². The lowest BCUT2D eigenvalue weighted by Gasteiger charge is -2.33. The molecule has 4 unspecified atom stereocenters. The normalized spacial score (nSPS) is 38.5. The van der Waals surface area contributed by atoms with Crippen LogP contribution in [0.15, 0.2) is 0 Å². The first-order chi connectivity index (χ1) is 9.50. The largest absolute Gasteiger partial charge is 0.325 e. The van der Waals surface area contributed by atoms with E-state index in [1.165, 1.54) is 25.7 Å². The van der Waals surface area contributed by atoms with E-state index < -0.39 is 0 Å². The summed E-state index contributed by atoms with van der Waals surface area (Å²) in [4.78, 5) is 14.9. The summed E-state index contributed by atoms with van der Waals surface area (Å²) < 4.78 is 0. The fourth-order valence-electron chi connectivity index (χ4n) is 3.93. The number of nitrogens with one attached hydrogen (secondary N) is 1. The van der Waals surface area contributed by atoms with Gasteiger partial charge >= 0.3 is 0 Å². The molecule has 0 aromatic rings. The van der Waals surface area contributed by atoms with Crippen molar-refractivity contribution in [1.82, 2.24) is 10.2 Å². The molecule has 0 spiro atoms. The van der Waals surface area contributed by atoms with Crippen LogP contribution in [0.3, 0.4) is 0 Å². The van der Waals surface area contributed by atoms with Gasteiger partial charge in [-0.25, -0.2) is 0 Å². The Morgan fingerprint density at radius 1 is 1.35 bits per heavy atom. The molecule has 2 aliphatic rings. The monoisotopic (exact) mass is 280 g/mol.